The van der Waals surface area contributed by atoms with E-state index in [4.69, 9.17) is 5.73 Å². The highest BCUT2D eigenvalue weighted by Crippen LogP contribution is 2.48. The van der Waals surface area contributed by atoms with E-state index in [-0.39, 0.29) is 34.2 Å². The molecule has 2 atom stereocenters. The highest BCUT2D eigenvalue weighted by atomic mass is 32.1. The topological polar surface area (TPSA) is 100 Å². The van der Waals surface area contributed by atoms with Crippen molar-refractivity contribution in [3.63, 3.8) is 0 Å². The first kappa shape index (κ1) is 24.2. The van der Waals surface area contributed by atoms with Crippen LogP contribution >= 0.6 is 11.3 Å². The van der Waals surface area contributed by atoms with Crippen LogP contribution < -0.4 is 16.4 Å². The number of urea groups is 1. The van der Waals surface area contributed by atoms with E-state index in [2.05, 4.69) is 34.7 Å². The molecule has 1 saturated heterocycles. The van der Waals surface area contributed by atoms with Gasteiger partial charge in [0.05, 0.1) is 5.56 Å². The molecule has 5 rings (SSSR count). The van der Waals surface area contributed by atoms with E-state index in [9.17, 15) is 18.4 Å². The largest absolute Gasteiger partial charge is 0.382 e. The normalized spacial score (nSPS) is 21.8. The Kier molecular flexibility index (Phi) is 6.38. The third-order valence-corrected chi connectivity index (χ3v) is 8.13. The van der Waals surface area contributed by atoms with E-state index in [1.807, 2.05) is 23.1 Å². The monoisotopic (exact) mass is 511 g/mol. The van der Waals surface area contributed by atoms with Gasteiger partial charge in [-0.15, -0.1) is 0 Å². The first-order chi connectivity index (χ1) is 17.3. The lowest BCUT2D eigenvalue weighted by atomic mass is 9.97. The molecule has 36 heavy (non-hydrogen) atoms. The number of carbonyl (C=O) groups is 2. The Morgan fingerprint density at radius 2 is 1.75 bits per heavy atom. The number of anilines is 2. The fourth-order valence-corrected chi connectivity index (χ4v) is 5.65. The Hall–Kier alpha value is -3.53. The Balaban J connectivity index is 1.15. The highest BCUT2D eigenvalue weighted by Gasteiger charge is 2.52. The minimum absolute atomic E-state index is 0.00999. The maximum absolute atomic E-state index is 14.0. The van der Waals surface area contributed by atoms with Gasteiger partial charge in [-0.25, -0.2) is 18.6 Å². The van der Waals surface area contributed by atoms with Gasteiger partial charge in [-0.2, -0.15) is 0 Å². The molecule has 0 bridgehead atoms. The van der Waals surface area contributed by atoms with Crippen molar-refractivity contribution < 1.29 is 18.4 Å². The summed E-state index contributed by atoms with van der Waals surface area (Å²) in [6.07, 6.45) is 2.31. The predicted octanol–water partition coefficient (Wildman–Crippen LogP) is 4.55. The van der Waals surface area contributed by atoms with Gasteiger partial charge in [0.1, 0.15) is 22.3 Å². The number of thiazole rings is 1. The zero-order valence-corrected chi connectivity index (χ0v) is 20.6. The summed E-state index contributed by atoms with van der Waals surface area (Å²) in [5.41, 5.74) is 6.46. The number of nitrogens with zero attached hydrogens (tertiary/aromatic N) is 2. The van der Waals surface area contributed by atoms with E-state index in [1.54, 1.807) is 0 Å². The van der Waals surface area contributed by atoms with Gasteiger partial charge in [-0.1, -0.05) is 54.7 Å². The number of carbonyl (C=O) groups excluding carboxylic acids is 2. The minimum Gasteiger partial charge on any atom is -0.382 e. The van der Waals surface area contributed by atoms with Gasteiger partial charge in [0.2, 0.25) is 5.78 Å². The van der Waals surface area contributed by atoms with Crippen LogP contribution in [-0.4, -0.2) is 46.9 Å². The fraction of sp³-hybridized carbons (Fsp3) is 0.346. The lowest BCUT2D eigenvalue weighted by Crippen LogP contribution is -2.48. The number of rotatable bonds is 6. The van der Waals surface area contributed by atoms with Crippen molar-refractivity contribution in [2.75, 3.05) is 24.1 Å². The maximum atomic E-state index is 14.0. The number of hydrogen-bond donors (Lipinski definition) is 3. The third-order valence-electron chi connectivity index (χ3n) is 7.13. The molecular weight excluding hydrogens is 484 g/mol. The average molecular weight is 512 g/mol. The van der Waals surface area contributed by atoms with Gasteiger partial charge >= 0.3 is 6.03 Å². The average Bonchev–Trinajstić information content (AvgIpc) is 3.37. The van der Waals surface area contributed by atoms with Crippen LogP contribution in [0.5, 0.6) is 0 Å². The van der Waals surface area contributed by atoms with Gasteiger partial charge < -0.3 is 21.3 Å². The summed E-state index contributed by atoms with van der Waals surface area (Å²) < 4.78 is 28.1. The molecule has 0 radical (unpaired) electrons. The fourth-order valence-electron chi connectivity index (χ4n) is 4.74. The summed E-state index contributed by atoms with van der Waals surface area (Å²) in [4.78, 5) is 31.5. The van der Waals surface area contributed by atoms with Crippen LogP contribution in [0.4, 0.5) is 24.5 Å². The first-order valence-corrected chi connectivity index (χ1v) is 12.7. The van der Waals surface area contributed by atoms with Crippen LogP contribution in [0, 0.1) is 11.6 Å². The number of halogens is 2. The van der Waals surface area contributed by atoms with Crippen LogP contribution in [0.15, 0.2) is 48.5 Å². The second kappa shape index (κ2) is 9.50. The van der Waals surface area contributed by atoms with Crippen molar-refractivity contribution in [2.45, 2.75) is 43.7 Å². The van der Waals surface area contributed by atoms with Crippen molar-refractivity contribution in [3.05, 3.63) is 76.2 Å². The molecule has 2 amide bonds. The maximum Gasteiger partial charge on any atom is 0.317 e. The quantitative estimate of drug-likeness (QED) is 0.422. The summed E-state index contributed by atoms with van der Waals surface area (Å²) in [7, 11) is 0. The number of ketones is 1. The van der Waals surface area contributed by atoms with Crippen molar-refractivity contribution in [2.24, 2.45) is 0 Å². The molecular formula is C26H27F2N5O2S. The zero-order valence-electron chi connectivity index (χ0n) is 19.8. The second-order valence-corrected chi connectivity index (χ2v) is 10.6. The SMILES string of the molecule is CC1(c2ccccc2)CC1NC(=O)N1CCC(Nc2nc(N)c(C(=O)c3c(F)cccc3F)s2)CC1. The Labute approximate surface area is 211 Å². The van der Waals surface area contributed by atoms with Crippen molar-refractivity contribution >= 4 is 34.1 Å². The molecule has 3 aromatic rings. The number of likely N-dealkylation sites (tertiary alicyclic amines) is 1. The molecule has 4 N–H and O–H groups in total. The molecule has 0 spiro atoms. The van der Waals surface area contributed by atoms with E-state index >= 15 is 0 Å². The number of piperidine rings is 1. The van der Waals surface area contributed by atoms with Crippen LogP contribution in [0.1, 0.15) is 47.0 Å². The van der Waals surface area contributed by atoms with Gasteiger partial charge in [0, 0.05) is 30.6 Å². The number of nitrogens with one attached hydrogen (secondary N) is 2. The lowest BCUT2D eigenvalue weighted by Gasteiger charge is -2.32. The molecule has 2 unspecified atom stereocenters. The van der Waals surface area contributed by atoms with Crippen molar-refractivity contribution in [1.29, 1.82) is 0 Å². The molecule has 2 fully saturated rings. The summed E-state index contributed by atoms with van der Waals surface area (Å²) in [5, 5.41) is 6.83. The van der Waals surface area contributed by atoms with Crippen LogP contribution in [0.3, 0.4) is 0 Å². The number of hydrogen-bond acceptors (Lipinski definition) is 6. The first-order valence-electron chi connectivity index (χ1n) is 11.9. The predicted molar refractivity (Wildman–Crippen MR) is 135 cm³/mol. The summed E-state index contributed by atoms with van der Waals surface area (Å²) >= 11 is 0.972. The van der Waals surface area contributed by atoms with Crippen molar-refractivity contribution in [1.82, 2.24) is 15.2 Å². The van der Waals surface area contributed by atoms with Crippen molar-refractivity contribution in [3.8, 4) is 0 Å². The molecule has 1 aromatic heterocycles. The third kappa shape index (κ3) is 4.65. The molecule has 1 aliphatic carbocycles. The highest BCUT2D eigenvalue weighted by molar-refractivity contribution is 7.18. The summed E-state index contributed by atoms with van der Waals surface area (Å²) in [6.45, 7) is 3.32. The van der Waals surface area contributed by atoms with E-state index in [1.165, 1.54) is 11.6 Å². The molecule has 2 heterocycles. The summed E-state index contributed by atoms with van der Waals surface area (Å²) in [5.74, 6) is -2.79. The Morgan fingerprint density at radius 1 is 1.08 bits per heavy atom. The van der Waals surface area contributed by atoms with Gasteiger partial charge in [0.25, 0.3) is 0 Å². The van der Waals surface area contributed by atoms with E-state index < -0.39 is 23.0 Å². The number of benzene rings is 2. The Morgan fingerprint density at radius 3 is 2.42 bits per heavy atom. The number of nitrogen functional groups attached to an aromatic ring is 1. The molecule has 2 aromatic carbocycles. The van der Waals surface area contributed by atoms with Gasteiger partial charge in [0.15, 0.2) is 5.13 Å². The van der Waals surface area contributed by atoms with E-state index in [0.717, 1.165) is 29.9 Å². The van der Waals surface area contributed by atoms with Gasteiger partial charge in [-0.05, 0) is 37.0 Å². The molecule has 188 valence electrons. The zero-order chi connectivity index (χ0) is 25.4. The van der Waals surface area contributed by atoms with E-state index in [0.29, 0.717) is 31.1 Å². The van der Waals surface area contributed by atoms with Gasteiger partial charge in [-0.3, -0.25) is 4.79 Å². The molecule has 1 saturated carbocycles. The summed E-state index contributed by atoms with van der Waals surface area (Å²) in [6, 6.07) is 13.6. The molecule has 7 nitrogen and oxygen atoms in total. The van der Waals surface area contributed by atoms with Crippen LogP contribution in [-0.2, 0) is 5.41 Å². The molecule has 10 heteroatoms. The molecule has 2 aliphatic rings. The second-order valence-electron chi connectivity index (χ2n) is 9.55. The lowest BCUT2D eigenvalue weighted by molar-refractivity contribution is 0.103. The van der Waals surface area contributed by atoms with Crippen LogP contribution in [0.25, 0.3) is 0 Å². The number of aromatic nitrogens is 1. The Bertz CT molecular complexity index is 1270. The standard InChI is InChI=1S/C26H27F2N5O2S/c1-26(15-6-3-2-4-7-15)14-19(26)31-25(35)33-12-10-16(11-13-33)30-24-32-23(29)22(36-24)21(34)20-17(27)8-5-9-18(20)28/h2-9,16,19H,10-14,29H2,1H3,(H,30,32)(H,31,35). The number of nitrogens with two attached hydrogens (primary N) is 1. The molecule has 1 aliphatic heterocycles. The number of amides is 2. The van der Waals surface area contributed by atoms with Crippen LogP contribution in [0.2, 0.25) is 0 Å². The minimum atomic E-state index is -0.941. The smallest absolute Gasteiger partial charge is 0.317 e.